The van der Waals surface area contributed by atoms with E-state index >= 15 is 0 Å². The molecule has 0 aliphatic carbocycles. The van der Waals surface area contributed by atoms with Crippen LogP contribution in [0.1, 0.15) is 25.7 Å². The van der Waals surface area contributed by atoms with Crippen LogP contribution in [-0.4, -0.2) is 60.9 Å². The van der Waals surface area contributed by atoms with Gasteiger partial charge in [0.25, 0.3) is 0 Å². The van der Waals surface area contributed by atoms with Crippen LogP contribution in [0.5, 0.6) is 5.75 Å². The van der Waals surface area contributed by atoms with E-state index in [1.54, 1.807) is 35.0 Å². The lowest BCUT2D eigenvalue weighted by molar-refractivity contribution is -0.199. The van der Waals surface area contributed by atoms with Crippen molar-refractivity contribution >= 4 is 5.82 Å². The van der Waals surface area contributed by atoms with Crippen molar-refractivity contribution in [1.29, 1.82) is 0 Å². The van der Waals surface area contributed by atoms with Gasteiger partial charge in [0.05, 0.1) is 18.0 Å². The van der Waals surface area contributed by atoms with Crippen molar-refractivity contribution in [2.75, 3.05) is 11.9 Å². The van der Waals surface area contributed by atoms with Crippen molar-refractivity contribution in [3.63, 3.8) is 0 Å². The zero-order valence-corrected chi connectivity index (χ0v) is 18.2. The van der Waals surface area contributed by atoms with E-state index in [1.807, 2.05) is 19.3 Å². The van der Waals surface area contributed by atoms with Gasteiger partial charge in [0, 0.05) is 37.9 Å². The van der Waals surface area contributed by atoms with Gasteiger partial charge in [-0.05, 0) is 43.4 Å². The Morgan fingerprint density at radius 3 is 2.67 bits per heavy atom. The highest BCUT2D eigenvalue weighted by molar-refractivity contribution is 5.72. The Morgan fingerprint density at radius 2 is 2.03 bits per heavy atom. The summed E-state index contributed by atoms with van der Waals surface area (Å²) in [6.07, 6.45) is 1.91. The number of anilines is 1. The minimum Gasteiger partial charge on any atom is -0.507 e. The minimum absolute atomic E-state index is 0.00121. The van der Waals surface area contributed by atoms with Crippen LogP contribution in [0.15, 0.2) is 36.8 Å². The number of phenols is 1. The topological polar surface area (TPSA) is 92.0 Å². The molecule has 2 fully saturated rings. The molecule has 0 spiro atoms. The van der Waals surface area contributed by atoms with Gasteiger partial charge < -0.3 is 15.3 Å². The van der Waals surface area contributed by atoms with Gasteiger partial charge in [-0.1, -0.05) is 6.07 Å². The third kappa shape index (κ3) is 3.79. The smallest absolute Gasteiger partial charge is 0.406 e. The second-order valence-electron chi connectivity index (χ2n) is 8.94. The molecule has 2 aliphatic rings. The van der Waals surface area contributed by atoms with Crippen molar-refractivity contribution in [3.8, 4) is 28.3 Å². The van der Waals surface area contributed by atoms with E-state index in [9.17, 15) is 18.3 Å². The van der Waals surface area contributed by atoms with Gasteiger partial charge in [0.2, 0.25) is 0 Å². The first-order valence-corrected chi connectivity index (χ1v) is 10.7. The molecule has 0 radical (unpaired) electrons. The van der Waals surface area contributed by atoms with Crippen molar-refractivity contribution in [2.24, 2.45) is 7.05 Å². The summed E-state index contributed by atoms with van der Waals surface area (Å²) in [4.78, 5) is 6.05. The molecule has 3 aromatic rings. The normalized spacial score (nSPS) is 24.8. The number of phenolic OH excluding ortho intramolecular Hbond substituents is 1. The molecule has 174 valence electrons. The van der Waals surface area contributed by atoms with Crippen LogP contribution >= 0.6 is 0 Å². The molecule has 2 N–H and O–H groups in total. The number of aromatic nitrogens is 5. The first-order chi connectivity index (χ1) is 15.6. The number of fused-ring (bicyclic) bond motifs is 2. The number of halogens is 3. The van der Waals surface area contributed by atoms with Crippen molar-refractivity contribution in [2.45, 2.75) is 49.5 Å². The van der Waals surface area contributed by atoms with Crippen molar-refractivity contribution in [3.05, 3.63) is 36.8 Å². The van der Waals surface area contributed by atoms with Gasteiger partial charge in [-0.2, -0.15) is 18.3 Å². The fourth-order valence-electron chi connectivity index (χ4n) is 4.95. The van der Waals surface area contributed by atoms with Crippen LogP contribution in [0.2, 0.25) is 0 Å². The van der Waals surface area contributed by atoms with Gasteiger partial charge in [-0.25, -0.2) is 4.98 Å². The molecule has 2 aromatic heterocycles. The summed E-state index contributed by atoms with van der Waals surface area (Å²) in [5.41, 5.74) is 0.244. The van der Waals surface area contributed by atoms with Crippen LogP contribution in [-0.2, 0) is 7.05 Å². The fourth-order valence-corrected chi connectivity index (χ4v) is 4.95. The van der Waals surface area contributed by atoms with E-state index in [-0.39, 0.29) is 36.5 Å². The van der Waals surface area contributed by atoms with E-state index in [1.165, 1.54) is 6.20 Å². The van der Waals surface area contributed by atoms with Gasteiger partial charge in [-0.3, -0.25) is 4.68 Å². The Balaban J connectivity index is 1.35. The van der Waals surface area contributed by atoms with Crippen molar-refractivity contribution < 1.29 is 18.3 Å². The Bertz CT molecular complexity index is 1160. The molecule has 2 bridgehead atoms. The molecule has 33 heavy (non-hydrogen) atoms. The Kier molecular flexibility index (Phi) is 5.04. The van der Waals surface area contributed by atoms with Gasteiger partial charge in [-0.15, -0.1) is 10.2 Å². The number of hydrogen-bond donors (Lipinski definition) is 2. The highest BCUT2D eigenvalue weighted by Gasteiger charge is 2.61. The molecule has 2 saturated heterocycles. The van der Waals surface area contributed by atoms with E-state index < -0.39 is 11.7 Å². The minimum atomic E-state index is -4.30. The molecule has 5 rings (SSSR count). The molecular weight excluding hydrogens is 435 g/mol. The lowest BCUT2D eigenvalue weighted by atomic mass is 9.86. The summed E-state index contributed by atoms with van der Waals surface area (Å²) < 4.78 is 42.9. The number of nitrogens with one attached hydrogen (secondary N) is 1. The van der Waals surface area contributed by atoms with E-state index in [4.69, 9.17) is 0 Å². The maximum absolute atomic E-state index is 13.7. The first kappa shape index (κ1) is 21.6. The molecule has 8 nitrogen and oxygen atoms in total. The summed E-state index contributed by atoms with van der Waals surface area (Å²) >= 11 is 0. The highest BCUT2D eigenvalue weighted by Crippen LogP contribution is 2.47. The molecule has 1 aromatic carbocycles. The molecule has 4 heterocycles. The number of alkyl halides is 3. The van der Waals surface area contributed by atoms with E-state index in [2.05, 4.69) is 25.6 Å². The van der Waals surface area contributed by atoms with Gasteiger partial charge in [0.1, 0.15) is 11.3 Å². The predicted molar refractivity (Wildman–Crippen MR) is 115 cm³/mol. The van der Waals surface area contributed by atoms with Gasteiger partial charge >= 0.3 is 6.18 Å². The highest BCUT2D eigenvalue weighted by atomic mass is 19.4. The Morgan fingerprint density at radius 1 is 1.21 bits per heavy atom. The van der Waals surface area contributed by atoms with Crippen LogP contribution in [0.25, 0.3) is 22.5 Å². The second kappa shape index (κ2) is 7.68. The summed E-state index contributed by atoms with van der Waals surface area (Å²) in [5.74, 6) is 0.634. The number of hydrogen-bond acceptors (Lipinski definition) is 7. The quantitative estimate of drug-likeness (QED) is 0.619. The predicted octanol–water partition coefficient (Wildman–Crippen LogP) is 3.30. The number of rotatable bonds is 4. The largest absolute Gasteiger partial charge is 0.507 e. The third-order valence-corrected chi connectivity index (χ3v) is 6.82. The third-order valence-electron chi connectivity index (χ3n) is 6.82. The molecular formula is C22H24F3N7O. The number of benzene rings is 1. The second-order valence-corrected chi connectivity index (χ2v) is 8.94. The van der Waals surface area contributed by atoms with Gasteiger partial charge in [0.15, 0.2) is 11.6 Å². The van der Waals surface area contributed by atoms with Crippen molar-refractivity contribution in [1.82, 2.24) is 30.3 Å². The summed E-state index contributed by atoms with van der Waals surface area (Å²) in [7, 11) is 3.54. The number of nitrogens with zero attached hydrogens (tertiary/aromatic N) is 6. The SMILES string of the molecule is CN(c1cnc(-c2ccc(-c3cnn(C)c3)cc2O)nn1)[C@@H]1C[C@H]2CC[C@@](C(F)(F)F)(C1)N2. The van der Waals surface area contributed by atoms with E-state index in [0.717, 1.165) is 11.1 Å². The Hall–Kier alpha value is -3.21. The monoisotopic (exact) mass is 459 g/mol. The zero-order valence-electron chi connectivity index (χ0n) is 18.2. The first-order valence-electron chi connectivity index (χ1n) is 10.7. The van der Waals surface area contributed by atoms with Crippen LogP contribution in [0.4, 0.5) is 19.0 Å². The average Bonchev–Trinajstić information content (AvgIpc) is 3.36. The molecule has 0 saturated carbocycles. The summed E-state index contributed by atoms with van der Waals surface area (Å²) in [6, 6.07) is 4.65. The Labute approximate surface area is 188 Å². The average molecular weight is 459 g/mol. The number of aryl methyl sites for hydroxylation is 1. The summed E-state index contributed by atoms with van der Waals surface area (Å²) in [5, 5.41) is 25.8. The standard InChI is InChI=1S/C22H24F3N7O/c1-31-12-14(10-27-31)13-3-4-17(18(33)7-13)20-26-11-19(29-30-20)32(2)16-8-15-5-6-21(9-16,28-15)22(23,24)25/h3-4,7,10-12,15-16,28,33H,5-6,8-9H2,1-2H3/t15-,16-,21+/m1/s1. The van der Waals surface area contributed by atoms with Crippen LogP contribution in [0, 0.1) is 0 Å². The number of aromatic hydroxyl groups is 1. The zero-order chi connectivity index (χ0) is 23.4. The maximum atomic E-state index is 13.7. The lowest BCUT2D eigenvalue weighted by Crippen LogP contribution is -2.62. The van der Waals surface area contributed by atoms with Crippen LogP contribution < -0.4 is 10.2 Å². The molecule has 3 atom stereocenters. The molecule has 0 unspecified atom stereocenters. The summed E-state index contributed by atoms with van der Waals surface area (Å²) in [6.45, 7) is 0. The van der Waals surface area contributed by atoms with E-state index in [0.29, 0.717) is 24.2 Å². The lowest BCUT2D eigenvalue weighted by Gasteiger charge is -2.43. The molecule has 11 heteroatoms. The maximum Gasteiger partial charge on any atom is 0.406 e. The molecule has 2 aliphatic heterocycles. The number of piperidine rings is 1. The molecule has 0 amide bonds. The fraction of sp³-hybridized carbons (Fsp3) is 0.455. The van der Waals surface area contributed by atoms with Crippen LogP contribution in [0.3, 0.4) is 0 Å².